The number of nitrogens with zero attached hydrogens (tertiary/aromatic N) is 3. The lowest BCUT2D eigenvalue weighted by Crippen LogP contribution is -1.97. The monoisotopic (exact) mass is 382 g/mol. The average Bonchev–Trinajstić information content (AvgIpc) is 3.06. The Balaban J connectivity index is 1.94. The molecule has 0 aliphatic heterocycles. The number of aromatic amines is 1. The second-order valence-corrected chi connectivity index (χ2v) is 6.69. The second kappa shape index (κ2) is 8.18. The predicted octanol–water partition coefficient (Wildman–Crippen LogP) is 4.63. The van der Waals surface area contributed by atoms with E-state index in [2.05, 4.69) is 41.3 Å². The molecule has 0 unspecified atom stereocenters. The summed E-state index contributed by atoms with van der Waals surface area (Å²) in [5.41, 5.74) is 3.09. The summed E-state index contributed by atoms with van der Waals surface area (Å²) in [6.07, 6.45) is 1.76. The average molecular weight is 382 g/mol. The first kappa shape index (κ1) is 18.8. The first-order valence-electron chi connectivity index (χ1n) is 8.57. The molecule has 0 amide bonds. The highest BCUT2D eigenvalue weighted by Gasteiger charge is 2.12. The Bertz CT molecular complexity index is 1000. The normalized spacial score (nSPS) is 11.3. The van der Waals surface area contributed by atoms with Crippen molar-refractivity contribution in [2.75, 3.05) is 14.2 Å². The molecule has 6 nitrogen and oxygen atoms in total. The van der Waals surface area contributed by atoms with Crippen LogP contribution >= 0.6 is 12.2 Å². The van der Waals surface area contributed by atoms with Crippen molar-refractivity contribution >= 4 is 18.4 Å². The van der Waals surface area contributed by atoms with Crippen molar-refractivity contribution in [2.45, 2.75) is 19.8 Å². The molecule has 0 saturated carbocycles. The summed E-state index contributed by atoms with van der Waals surface area (Å²) < 4.78 is 12.7. The molecule has 0 fully saturated rings. The number of hydrogen-bond acceptors (Lipinski definition) is 5. The number of aromatic nitrogens is 3. The van der Waals surface area contributed by atoms with Gasteiger partial charge in [0.25, 0.3) is 0 Å². The highest BCUT2D eigenvalue weighted by atomic mass is 32.1. The topological polar surface area (TPSA) is 64.4 Å². The van der Waals surface area contributed by atoms with Gasteiger partial charge in [-0.25, -0.2) is 5.10 Å². The van der Waals surface area contributed by atoms with Crippen LogP contribution in [0.15, 0.2) is 47.6 Å². The lowest BCUT2D eigenvalue weighted by molar-refractivity contribution is 0.355. The van der Waals surface area contributed by atoms with Crippen molar-refractivity contribution in [1.82, 2.24) is 14.9 Å². The molecule has 1 N–H and O–H groups in total. The van der Waals surface area contributed by atoms with E-state index in [0.29, 0.717) is 28.0 Å². The van der Waals surface area contributed by atoms with Crippen LogP contribution < -0.4 is 9.47 Å². The number of methoxy groups -OCH3 is 2. The van der Waals surface area contributed by atoms with Crippen molar-refractivity contribution < 1.29 is 9.47 Å². The van der Waals surface area contributed by atoms with Crippen LogP contribution in [0.2, 0.25) is 0 Å². The maximum absolute atomic E-state index is 5.37. The van der Waals surface area contributed by atoms with E-state index < -0.39 is 0 Å². The van der Waals surface area contributed by atoms with E-state index in [1.807, 2.05) is 30.3 Å². The van der Waals surface area contributed by atoms with Gasteiger partial charge >= 0.3 is 0 Å². The fourth-order valence-electron chi connectivity index (χ4n) is 2.65. The molecule has 0 spiro atoms. The molecule has 1 heterocycles. The minimum absolute atomic E-state index is 0.412. The summed E-state index contributed by atoms with van der Waals surface area (Å²) in [7, 11) is 3.19. The van der Waals surface area contributed by atoms with Crippen LogP contribution in [0.4, 0.5) is 0 Å². The molecule has 0 atom stereocenters. The zero-order valence-electron chi connectivity index (χ0n) is 15.8. The number of benzene rings is 2. The van der Waals surface area contributed by atoms with Crippen LogP contribution in [0.1, 0.15) is 30.9 Å². The Kier molecular flexibility index (Phi) is 5.71. The molecule has 0 saturated heterocycles. The van der Waals surface area contributed by atoms with Crippen molar-refractivity contribution in [2.24, 2.45) is 5.10 Å². The third-order valence-electron chi connectivity index (χ3n) is 4.22. The lowest BCUT2D eigenvalue weighted by atomic mass is 10.0. The molecular weight excluding hydrogens is 360 g/mol. The van der Waals surface area contributed by atoms with E-state index in [4.69, 9.17) is 21.7 Å². The summed E-state index contributed by atoms with van der Waals surface area (Å²) in [6, 6.07) is 13.8. The van der Waals surface area contributed by atoms with Gasteiger partial charge in [0.2, 0.25) is 4.77 Å². The van der Waals surface area contributed by atoms with Crippen LogP contribution in [0, 0.1) is 4.77 Å². The van der Waals surface area contributed by atoms with Crippen molar-refractivity contribution in [1.29, 1.82) is 0 Å². The summed E-state index contributed by atoms with van der Waals surface area (Å²) in [5.74, 6) is 2.35. The third kappa shape index (κ3) is 4.09. The molecule has 0 bridgehead atoms. The Labute approximate surface area is 163 Å². The number of H-pyrrole nitrogens is 1. The van der Waals surface area contributed by atoms with Crippen LogP contribution in [0.25, 0.3) is 11.4 Å². The van der Waals surface area contributed by atoms with Gasteiger partial charge in [0.1, 0.15) is 0 Å². The quantitative estimate of drug-likeness (QED) is 0.499. The summed E-state index contributed by atoms with van der Waals surface area (Å²) in [6.45, 7) is 4.34. The molecule has 0 radical (unpaired) electrons. The van der Waals surface area contributed by atoms with E-state index in [0.717, 1.165) is 11.1 Å². The van der Waals surface area contributed by atoms with Crippen LogP contribution in [-0.4, -0.2) is 35.3 Å². The van der Waals surface area contributed by atoms with E-state index in [1.165, 1.54) is 5.56 Å². The van der Waals surface area contributed by atoms with Gasteiger partial charge in [0.15, 0.2) is 17.3 Å². The zero-order chi connectivity index (χ0) is 19.4. The van der Waals surface area contributed by atoms with Gasteiger partial charge in [-0.2, -0.15) is 14.9 Å². The molecule has 27 heavy (non-hydrogen) atoms. The molecule has 3 rings (SSSR count). The Morgan fingerprint density at radius 2 is 1.78 bits per heavy atom. The Morgan fingerprint density at radius 3 is 2.41 bits per heavy atom. The molecule has 7 heteroatoms. The highest BCUT2D eigenvalue weighted by molar-refractivity contribution is 7.71. The van der Waals surface area contributed by atoms with Crippen molar-refractivity contribution in [3.63, 3.8) is 0 Å². The first-order valence-corrected chi connectivity index (χ1v) is 8.98. The van der Waals surface area contributed by atoms with Gasteiger partial charge in [-0.15, -0.1) is 0 Å². The maximum atomic E-state index is 5.37. The molecule has 2 aromatic carbocycles. The molecule has 0 aliphatic rings. The van der Waals surface area contributed by atoms with Crippen LogP contribution in [0.3, 0.4) is 0 Å². The predicted molar refractivity (Wildman–Crippen MR) is 109 cm³/mol. The van der Waals surface area contributed by atoms with Gasteiger partial charge in [0, 0.05) is 5.56 Å². The maximum Gasteiger partial charge on any atom is 0.216 e. The number of rotatable bonds is 6. The standard InChI is InChI=1S/C20H22N4O2S/c1-13(2)15-7-5-14(6-8-15)12-21-24-19(22-23-20(24)27)16-9-10-17(25-3)18(11-16)26-4/h5-13H,1-4H3,(H,23,27). The minimum Gasteiger partial charge on any atom is -0.493 e. The van der Waals surface area contributed by atoms with Gasteiger partial charge in [-0.05, 0) is 47.5 Å². The fraction of sp³-hybridized carbons (Fsp3) is 0.250. The third-order valence-corrected chi connectivity index (χ3v) is 4.48. The van der Waals surface area contributed by atoms with Crippen LogP contribution in [0.5, 0.6) is 11.5 Å². The highest BCUT2D eigenvalue weighted by Crippen LogP contribution is 2.31. The molecule has 140 valence electrons. The lowest BCUT2D eigenvalue weighted by Gasteiger charge is -2.09. The van der Waals surface area contributed by atoms with Crippen molar-refractivity contribution in [3.8, 4) is 22.9 Å². The van der Waals surface area contributed by atoms with Crippen molar-refractivity contribution in [3.05, 3.63) is 58.4 Å². The van der Waals surface area contributed by atoms with Gasteiger partial charge in [0.05, 0.1) is 20.4 Å². The number of ether oxygens (including phenoxy) is 2. The van der Waals surface area contributed by atoms with Gasteiger partial charge < -0.3 is 9.47 Å². The summed E-state index contributed by atoms with van der Waals surface area (Å²) >= 11 is 5.33. The number of nitrogens with one attached hydrogen (secondary N) is 1. The SMILES string of the molecule is COc1ccc(-c2n[nH]c(=S)n2N=Cc2ccc(C(C)C)cc2)cc1OC. The summed E-state index contributed by atoms with van der Waals surface area (Å²) in [4.78, 5) is 0. The Morgan fingerprint density at radius 1 is 1.07 bits per heavy atom. The molecule has 0 aliphatic carbocycles. The zero-order valence-corrected chi connectivity index (χ0v) is 16.6. The first-order chi connectivity index (χ1) is 13.0. The van der Waals surface area contributed by atoms with E-state index >= 15 is 0 Å². The van der Waals surface area contributed by atoms with E-state index in [9.17, 15) is 0 Å². The largest absolute Gasteiger partial charge is 0.493 e. The number of hydrogen-bond donors (Lipinski definition) is 1. The van der Waals surface area contributed by atoms with Crippen LogP contribution in [-0.2, 0) is 0 Å². The summed E-state index contributed by atoms with van der Waals surface area (Å²) in [5, 5.41) is 11.6. The second-order valence-electron chi connectivity index (χ2n) is 6.30. The molecule has 1 aromatic heterocycles. The smallest absolute Gasteiger partial charge is 0.216 e. The van der Waals surface area contributed by atoms with Gasteiger partial charge in [-0.1, -0.05) is 38.1 Å². The molecular formula is C20H22N4O2S. The minimum atomic E-state index is 0.412. The van der Waals surface area contributed by atoms with Gasteiger partial charge in [-0.3, -0.25) is 0 Å². The van der Waals surface area contributed by atoms with E-state index in [-0.39, 0.29) is 0 Å². The fourth-order valence-corrected chi connectivity index (χ4v) is 2.83. The molecule has 3 aromatic rings. The Hall–Kier alpha value is -2.93. The van der Waals surface area contributed by atoms with E-state index in [1.54, 1.807) is 25.1 Å².